The molecule has 0 aliphatic rings. The molecule has 1 aromatic rings. The van der Waals surface area contributed by atoms with E-state index in [4.69, 9.17) is 17.3 Å². The number of halogens is 1. The van der Waals surface area contributed by atoms with Crippen molar-refractivity contribution in [1.29, 1.82) is 0 Å². The highest BCUT2D eigenvalue weighted by Crippen LogP contribution is 2.13. The Labute approximate surface area is 91.3 Å². The molecule has 1 rings (SSSR count). The first-order valence-electron chi connectivity index (χ1n) is 4.06. The Morgan fingerprint density at radius 2 is 1.93 bits per heavy atom. The van der Waals surface area contributed by atoms with Gasteiger partial charge in [0.25, 0.3) is 0 Å². The molecule has 0 aliphatic carbocycles. The number of alkyl halides is 1. The van der Waals surface area contributed by atoms with Crippen molar-refractivity contribution in [2.24, 2.45) is 5.73 Å². The van der Waals surface area contributed by atoms with Crippen LogP contribution in [0.3, 0.4) is 0 Å². The van der Waals surface area contributed by atoms with Crippen molar-refractivity contribution >= 4 is 29.3 Å². The summed E-state index contributed by atoms with van der Waals surface area (Å²) in [5.41, 5.74) is 5.40. The third-order valence-corrected chi connectivity index (χ3v) is 1.71. The SMILES string of the molecule is NC(=O)N(OC(=O)CCl)c1ccccc1. The fourth-order valence-corrected chi connectivity index (χ4v) is 0.963. The number of carbonyl (C=O) groups is 2. The van der Waals surface area contributed by atoms with Crippen LogP contribution in [0.2, 0.25) is 0 Å². The lowest BCUT2D eigenvalue weighted by Crippen LogP contribution is -2.38. The average Bonchev–Trinajstić information content (AvgIpc) is 2.26. The highest BCUT2D eigenvalue weighted by molar-refractivity contribution is 6.26. The number of urea groups is 1. The summed E-state index contributed by atoms with van der Waals surface area (Å²) >= 11 is 5.23. The first-order chi connectivity index (χ1) is 7.15. The summed E-state index contributed by atoms with van der Waals surface area (Å²) in [6.07, 6.45) is 0. The second kappa shape index (κ2) is 5.21. The summed E-state index contributed by atoms with van der Waals surface area (Å²) < 4.78 is 0. The standard InChI is InChI=1S/C9H9ClN2O3/c10-6-8(13)15-12(9(11)14)7-4-2-1-3-5-7/h1-5H,6H2,(H2,11,14). The Hall–Kier alpha value is -1.75. The average molecular weight is 229 g/mol. The Kier molecular flexibility index (Phi) is 3.93. The molecular formula is C9H9ClN2O3. The molecule has 0 unspecified atom stereocenters. The molecule has 1 aromatic carbocycles. The summed E-state index contributed by atoms with van der Waals surface area (Å²) in [7, 11) is 0. The van der Waals surface area contributed by atoms with Gasteiger partial charge < -0.3 is 10.6 Å². The molecule has 0 bridgehead atoms. The van der Waals surface area contributed by atoms with Crippen molar-refractivity contribution in [3.63, 3.8) is 0 Å². The predicted molar refractivity (Wildman–Crippen MR) is 55.3 cm³/mol. The highest BCUT2D eigenvalue weighted by atomic mass is 35.5. The van der Waals surface area contributed by atoms with Gasteiger partial charge in [-0.05, 0) is 12.1 Å². The van der Waals surface area contributed by atoms with E-state index in [1.807, 2.05) is 0 Å². The van der Waals surface area contributed by atoms with Gasteiger partial charge in [0.05, 0.1) is 5.69 Å². The van der Waals surface area contributed by atoms with Crippen molar-refractivity contribution < 1.29 is 14.4 Å². The minimum atomic E-state index is -0.889. The summed E-state index contributed by atoms with van der Waals surface area (Å²) in [4.78, 5) is 26.5. The third kappa shape index (κ3) is 3.14. The molecule has 6 heteroatoms. The lowest BCUT2D eigenvalue weighted by atomic mass is 10.3. The molecule has 5 nitrogen and oxygen atoms in total. The quantitative estimate of drug-likeness (QED) is 0.612. The van der Waals surface area contributed by atoms with Crippen LogP contribution in [0.25, 0.3) is 0 Å². The number of rotatable bonds is 2. The Balaban J connectivity index is 2.84. The van der Waals surface area contributed by atoms with E-state index in [1.54, 1.807) is 30.3 Å². The Morgan fingerprint density at radius 1 is 1.33 bits per heavy atom. The molecule has 0 radical (unpaired) electrons. The predicted octanol–water partition coefficient (Wildman–Crippen LogP) is 1.27. The molecule has 0 atom stereocenters. The van der Waals surface area contributed by atoms with Crippen molar-refractivity contribution in [3.8, 4) is 0 Å². The maximum absolute atomic E-state index is 11.0. The lowest BCUT2D eigenvalue weighted by molar-refractivity contribution is -0.140. The van der Waals surface area contributed by atoms with Gasteiger partial charge in [-0.1, -0.05) is 18.2 Å². The number of para-hydroxylation sites is 1. The van der Waals surface area contributed by atoms with Gasteiger partial charge in [-0.2, -0.15) is 0 Å². The highest BCUT2D eigenvalue weighted by Gasteiger charge is 2.16. The molecule has 80 valence electrons. The summed E-state index contributed by atoms with van der Waals surface area (Å²) in [5.74, 6) is -1.10. The summed E-state index contributed by atoms with van der Waals surface area (Å²) in [6, 6.07) is 7.38. The number of nitrogens with zero attached hydrogens (tertiary/aromatic N) is 1. The molecule has 0 spiro atoms. The second-order valence-corrected chi connectivity index (χ2v) is 2.83. The Bertz CT molecular complexity index is 356. The molecule has 0 heterocycles. The number of hydroxylamine groups is 1. The van der Waals surface area contributed by atoms with E-state index in [0.717, 1.165) is 0 Å². The zero-order chi connectivity index (χ0) is 11.3. The van der Waals surface area contributed by atoms with Crippen LogP contribution in [-0.2, 0) is 9.63 Å². The maximum atomic E-state index is 11.0. The van der Waals surface area contributed by atoms with Crippen molar-refractivity contribution in [2.45, 2.75) is 0 Å². The fraction of sp³-hybridized carbons (Fsp3) is 0.111. The maximum Gasteiger partial charge on any atom is 0.352 e. The van der Waals surface area contributed by atoms with Gasteiger partial charge in [0.2, 0.25) is 0 Å². The number of benzene rings is 1. The minimum Gasteiger partial charge on any atom is -0.349 e. The third-order valence-electron chi connectivity index (χ3n) is 1.49. The summed E-state index contributed by atoms with van der Waals surface area (Å²) in [5, 5.41) is 0.685. The van der Waals surface area contributed by atoms with Crippen molar-refractivity contribution in [1.82, 2.24) is 0 Å². The molecule has 0 saturated carbocycles. The van der Waals surface area contributed by atoms with Crippen LogP contribution in [0, 0.1) is 0 Å². The van der Waals surface area contributed by atoms with Crippen LogP contribution in [0.5, 0.6) is 0 Å². The van der Waals surface area contributed by atoms with Crippen LogP contribution >= 0.6 is 11.6 Å². The van der Waals surface area contributed by atoms with E-state index in [-0.39, 0.29) is 5.88 Å². The van der Waals surface area contributed by atoms with E-state index in [1.165, 1.54) is 0 Å². The van der Waals surface area contributed by atoms with Crippen LogP contribution in [0.1, 0.15) is 0 Å². The fourth-order valence-electron chi connectivity index (χ4n) is 0.915. The molecule has 0 fully saturated rings. The van der Waals surface area contributed by atoms with E-state index < -0.39 is 12.0 Å². The molecule has 15 heavy (non-hydrogen) atoms. The van der Waals surface area contributed by atoms with E-state index in [2.05, 4.69) is 4.84 Å². The van der Waals surface area contributed by atoms with E-state index >= 15 is 0 Å². The normalized spacial score (nSPS) is 9.40. The first-order valence-corrected chi connectivity index (χ1v) is 4.60. The lowest BCUT2D eigenvalue weighted by Gasteiger charge is -2.17. The number of primary amides is 1. The minimum absolute atomic E-state index is 0.351. The zero-order valence-electron chi connectivity index (χ0n) is 7.72. The van der Waals surface area contributed by atoms with E-state index in [0.29, 0.717) is 10.8 Å². The van der Waals surface area contributed by atoms with Crippen LogP contribution < -0.4 is 10.8 Å². The largest absolute Gasteiger partial charge is 0.352 e. The number of nitrogens with two attached hydrogens (primary N) is 1. The van der Waals surface area contributed by atoms with Crippen LogP contribution in [0.4, 0.5) is 10.5 Å². The number of hydrogen-bond acceptors (Lipinski definition) is 3. The smallest absolute Gasteiger partial charge is 0.349 e. The molecule has 2 amide bonds. The van der Waals surface area contributed by atoms with Crippen molar-refractivity contribution in [3.05, 3.63) is 30.3 Å². The van der Waals surface area contributed by atoms with Crippen LogP contribution in [-0.4, -0.2) is 17.9 Å². The molecular weight excluding hydrogens is 220 g/mol. The summed E-state index contributed by atoms with van der Waals surface area (Å²) in [6.45, 7) is 0. The molecule has 0 saturated heterocycles. The van der Waals surface area contributed by atoms with Gasteiger partial charge in [-0.15, -0.1) is 16.7 Å². The number of carbonyl (C=O) groups excluding carboxylic acids is 2. The van der Waals surface area contributed by atoms with Crippen molar-refractivity contribution in [2.75, 3.05) is 10.9 Å². The van der Waals surface area contributed by atoms with Gasteiger partial charge >= 0.3 is 12.0 Å². The number of amides is 2. The molecule has 0 aromatic heterocycles. The first kappa shape index (κ1) is 11.3. The van der Waals surface area contributed by atoms with E-state index in [9.17, 15) is 9.59 Å². The zero-order valence-corrected chi connectivity index (χ0v) is 8.48. The van der Waals surface area contributed by atoms with Gasteiger partial charge in [-0.25, -0.2) is 9.59 Å². The number of anilines is 1. The van der Waals surface area contributed by atoms with Gasteiger partial charge in [0.1, 0.15) is 5.88 Å². The number of hydrogen-bond donors (Lipinski definition) is 1. The van der Waals surface area contributed by atoms with Gasteiger partial charge in [0.15, 0.2) is 0 Å². The second-order valence-electron chi connectivity index (χ2n) is 2.57. The van der Waals surface area contributed by atoms with Crippen LogP contribution in [0.15, 0.2) is 30.3 Å². The topological polar surface area (TPSA) is 72.6 Å². The van der Waals surface area contributed by atoms with Gasteiger partial charge in [0, 0.05) is 0 Å². The monoisotopic (exact) mass is 228 g/mol. The van der Waals surface area contributed by atoms with Gasteiger partial charge in [-0.3, -0.25) is 0 Å². The molecule has 2 N–H and O–H groups in total. The Morgan fingerprint density at radius 3 is 2.40 bits per heavy atom. The molecule has 0 aliphatic heterocycles.